The lowest BCUT2D eigenvalue weighted by Gasteiger charge is -2.00. The van der Waals surface area contributed by atoms with Gasteiger partial charge in [0, 0.05) is 18.5 Å². The smallest absolute Gasteiger partial charge is 0.134 e. The maximum atomic E-state index is 5.67. The molecule has 1 aromatic carbocycles. The van der Waals surface area contributed by atoms with Crippen LogP contribution in [0.1, 0.15) is 5.76 Å². The summed E-state index contributed by atoms with van der Waals surface area (Å²) < 4.78 is 5.67. The van der Waals surface area contributed by atoms with E-state index in [0.29, 0.717) is 0 Å². The molecule has 1 aromatic heterocycles. The van der Waals surface area contributed by atoms with Crippen molar-refractivity contribution in [3.63, 3.8) is 0 Å². The zero-order valence-electron chi connectivity index (χ0n) is 8.92. The first-order valence-electron chi connectivity index (χ1n) is 5.23. The first kappa shape index (κ1) is 10.2. The van der Waals surface area contributed by atoms with Crippen LogP contribution in [-0.2, 0) is 6.54 Å². The molecule has 0 saturated heterocycles. The van der Waals surface area contributed by atoms with E-state index in [9.17, 15) is 0 Å². The summed E-state index contributed by atoms with van der Waals surface area (Å²) in [5.74, 6) is 0.993. The normalized spacial score (nSPS) is 11.0. The van der Waals surface area contributed by atoms with Gasteiger partial charge in [0.2, 0.25) is 0 Å². The van der Waals surface area contributed by atoms with E-state index in [1.165, 1.54) is 5.39 Å². The number of hydrogen-bond donors (Lipinski definition) is 2. The molecule has 0 fully saturated rings. The summed E-state index contributed by atoms with van der Waals surface area (Å²) in [6, 6.07) is 10.2. The molecule has 3 heteroatoms. The van der Waals surface area contributed by atoms with Crippen LogP contribution in [0.3, 0.4) is 0 Å². The number of benzene rings is 1. The Morgan fingerprint density at radius 1 is 1.20 bits per heavy atom. The minimum atomic E-state index is 0.788. The molecule has 0 amide bonds. The molecular weight excluding hydrogens is 188 g/mol. The second-order valence-electron chi connectivity index (χ2n) is 3.53. The molecule has 0 spiro atoms. The molecule has 3 nitrogen and oxygen atoms in total. The van der Waals surface area contributed by atoms with Crippen molar-refractivity contribution in [3.05, 3.63) is 36.1 Å². The molecule has 15 heavy (non-hydrogen) atoms. The van der Waals surface area contributed by atoms with Gasteiger partial charge in [0.25, 0.3) is 0 Å². The molecule has 0 atom stereocenters. The minimum absolute atomic E-state index is 0.788. The molecule has 0 aliphatic carbocycles. The lowest BCUT2D eigenvalue weighted by molar-refractivity contribution is 0.512. The summed E-state index contributed by atoms with van der Waals surface area (Å²) in [5, 5.41) is 7.56. The fourth-order valence-corrected chi connectivity index (χ4v) is 1.55. The van der Waals surface area contributed by atoms with Crippen molar-refractivity contribution >= 4 is 11.0 Å². The largest absolute Gasteiger partial charge is 0.460 e. The van der Waals surface area contributed by atoms with Gasteiger partial charge in [0.1, 0.15) is 11.3 Å². The summed E-state index contributed by atoms with van der Waals surface area (Å²) in [4.78, 5) is 0. The van der Waals surface area contributed by atoms with E-state index in [4.69, 9.17) is 4.42 Å². The molecule has 2 aromatic rings. The third-order valence-electron chi connectivity index (χ3n) is 2.33. The Morgan fingerprint density at radius 3 is 2.87 bits per heavy atom. The van der Waals surface area contributed by atoms with E-state index in [-0.39, 0.29) is 0 Å². The van der Waals surface area contributed by atoms with Crippen molar-refractivity contribution < 1.29 is 4.42 Å². The van der Waals surface area contributed by atoms with Crippen molar-refractivity contribution in [1.82, 2.24) is 10.6 Å². The van der Waals surface area contributed by atoms with Gasteiger partial charge in [-0.2, -0.15) is 0 Å². The summed E-state index contributed by atoms with van der Waals surface area (Å²) in [5.41, 5.74) is 0.961. The average molecular weight is 204 g/mol. The molecule has 0 radical (unpaired) electrons. The zero-order valence-corrected chi connectivity index (χ0v) is 8.92. The summed E-state index contributed by atoms with van der Waals surface area (Å²) in [6.45, 7) is 2.71. The van der Waals surface area contributed by atoms with Gasteiger partial charge < -0.3 is 15.1 Å². The van der Waals surface area contributed by atoms with Crippen LogP contribution in [0.25, 0.3) is 11.0 Å². The van der Waals surface area contributed by atoms with Crippen molar-refractivity contribution in [2.45, 2.75) is 6.54 Å². The van der Waals surface area contributed by atoms with Crippen LogP contribution < -0.4 is 10.6 Å². The molecule has 1 heterocycles. The number of furan rings is 1. The first-order chi connectivity index (χ1) is 7.40. The molecule has 80 valence electrons. The third-order valence-corrected chi connectivity index (χ3v) is 2.33. The van der Waals surface area contributed by atoms with Gasteiger partial charge in [0.05, 0.1) is 6.54 Å². The highest BCUT2D eigenvalue weighted by Gasteiger charge is 2.01. The van der Waals surface area contributed by atoms with Crippen LogP contribution in [0.4, 0.5) is 0 Å². The van der Waals surface area contributed by atoms with E-state index < -0.39 is 0 Å². The second-order valence-corrected chi connectivity index (χ2v) is 3.53. The maximum Gasteiger partial charge on any atom is 0.134 e. The van der Waals surface area contributed by atoms with Crippen molar-refractivity contribution in [2.24, 2.45) is 0 Å². The van der Waals surface area contributed by atoms with Crippen LogP contribution in [0.2, 0.25) is 0 Å². The molecule has 0 unspecified atom stereocenters. The Bertz CT molecular complexity index is 389. The van der Waals surface area contributed by atoms with Gasteiger partial charge in [-0.15, -0.1) is 0 Å². The quantitative estimate of drug-likeness (QED) is 0.728. The van der Waals surface area contributed by atoms with Crippen molar-refractivity contribution in [3.8, 4) is 0 Å². The summed E-state index contributed by atoms with van der Waals surface area (Å²) in [7, 11) is 1.95. The maximum absolute atomic E-state index is 5.67. The van der Waals surface area contributed by atoms with Gasteiger partial charge in [-0.1, -0.05) is 18.2 Å². The van der Waals surface area contributed by atoms with Crippen LogP contribution in [0.5, 0.6) is 0 Å². The summed E-state index contributed by atoms with van der Waals surface area (Å²) >= 11 is 0. The number of likely N-dealkylation sites (N-methyl/N-ethyl adjacent to an activating group) is 1. The first-order valence-corrected chi connectivity index (χ1v) is 5.23. The topological polar surface area (TPSA) is 37.2 Å². The highest BCUT2D eigenvalue weighted by atomic mass is 16.3. The van der Waals surface area contributed by atoms with E-state index >= 15 is 0 Å². The number of hydrogen-bond acceptors (Lipinski definition) is 3. The minimum Gasteiger partial charge on any atom is -0.460 e. The van der Waals surface area contributed by atoms with E-state index in [1.807, 2.05) is 25.2 Å². The van der Waals surface area contributed by atoms with Crippen LogP contribution in [0.15, 0.2) is 34.7 Å². The molecule has 2 N–H and O–H groups in total. The average Bonchev–Trinajstić information content (AvgIpc) is 2.67. The standard InChI is InChI=1S/C12H16N2O/c1-13-6-7-14-9-11-8-10-4-2-3-5-12(10)15-11/h2-5,8,13-14H,6-7,9H2,1H3. The Labute approximate surface area is 89.5 Å². The van der Waals surface area contributed by atoms with Crippen molar-refractivity contribution in [1.29, 1.82) is 0 Å². The highest BCUT2D eigenvalue weighted by Crippen LogP contribution is 2.18. The molecule has 2 rings (SSSR count). The number of para-hydroxylation sites is 1. The van der Waals surface area contributed by atoms with Gasteiger partial charge in [-0.3, -0.25) is 0 Å². The molecule has 0 aliphatic heterocycles. The number of fused-ring (bicyclic) bond motifs is 1. The van der Waals surface area contributed by atoms with Gasteiger partial charge in [-0.25, -0.2) is 0 Å². The summed E-state index contributed by atoms with van der Waals surface area (Å²) in [6.07, 6.45) is 0. The number of nitrogens with one attached hydrogen (secondary N) is 2. The van der Waals surface area contributed by atoms with E-state index in [2.05, 4.69) is 22.8 Å². The second kappa shape index (κ2) is 4.96. The molecular formula is C12H16N2O. The Morgan fingerprint density at radius 2 is 2.07 bits per heavy atom. The Kier molecular flexibility index (Phi) is 3.37. The van der Waals surface area contributed by atoms with E-state index in [1.54, 1.807) is 0 Å². The van der Waals surface area contributed by atoms with Gasteiger partial charge in [-0.05, 0) is 19.2 Å². The fourth-order valence-electron chi connectivity index (χ4n) is 1.55. The van der Waals surface area contributed by atoms with Crippen LogP contribution >= 0.6 is 0 Å². The molecule has 0 aliphatic rings. The van der Waals surface area contributed by atoms with Crippen LogP contribution in [0, 0.1) is 0 Å². The lowest BCUT2D eigenvalue weighted by atomic mass is 10.2. The highest BCUT2D eigenvalue weighted by molar-refractivity contribution is 5.77. The monoisotopic (exact) mass is 204 g/mol. The fraction of sp³-hybridized carbons (Fsp3) is 0.333. The Balaban J connectivity index is 1.97. The molecule has 0 bridgehead atoms. The van der Waals surface area contributed by atoms with E-state index in [0.717, 1.165) is 31.0 Å². The van der Waals surface area contributed by atoms with Gasteiger partial charge in [0.15, 0.2) is 0 Å². The van der Waals surface area contributed by atoms with Crippen molar-refractivity contribution in [2.75, 3.05) is 20.1 Å². The molecule has 0 saturated carbocycles. The van der Waals surface area contributed by atoms with Crippen LogP contribution in [-0.4, -0.2) is 20.1 Å². The lowest BCUT2D eigenvalue weighted by Crippen LogP contribution is -2.24. The predicted molar refractivity (Wildman–Crippen MR) is 61.8 cm³/mol. The zero-order chi connectivity index (χ0) is 10.5. The third kappa shape index (κ3) is 2.58. The Hall–Kier alpha value is -1.32. The predicted octanol–water partition coefficient (Wildman–Crippen LogP) is 1.74. The SMILES string of the molecule is CNCCNCc1cc2ccccc2o1. The number of rotatable bonds is 5. The van der Waals surface area contributed by atoms with Gasteiger partial charge >= 0.3 is 0 Å².